The fourth-order valence-corrected chi connectivity index (χ4v) is 3.36. The number of halogens is 6. The Kier molecular flexibility index (Phi) is 6.19. The molecule has 0 N–H and O–H groups in total. The molecular weight excluding hydrogens is 460 g/mol. The van der Waals surface area contributed by atoms with E-state index in [2.05, 4.69) is 28.6 Å². The third-order valence-electron chi connectivity index (χ3n) is 3.71. The quantitative estimate of drug-likeness (QED) is 0.374. The summed E-state index contributed by atoms with van der Waals surface area (Å²) >= 11 is 18.8. The van der Waals surface area contributed by atoms with Gasteiger partial charge in [-0.15, -0.1) is 0 Å². The fourth-order valence-electron chi connectivity index (χ4n) is 2.31. The topological polar surface area (TPSA) is 17.1 Å². The number of aryl methyl sites for hydroxylation is 1. The average molecular weight is 472 g/mol. The molecule has 0 heterocycles. The first kappa shape index (κ1) is 20.6. The molecule has 1 nitrogen and oxygen atoms in total. The van der Waals surface area contributed by atoms with Gasteiger partial charge in [-0.3, -0.25) is 4.79 Å². The zero-order chi connectivity index (χ0) is 19.0. The highest BCUT2D eigenvalue weighted by molar-refractivity contribution is 9.10. The van der Waals surface area contributed by atoms with Crippen molar-refractivity contribution in [2.45, 2.75) is 24.3 Å². The lowest BCUT2D eigenvalue weighted by molar-refractivity contribution is -0.160. The number of ketones is 1. The van der Waals surface area contributed by atoms with Gasteiger partial charge in [-0.05, 0) is 48.4 Å². The predicted molar refractivity (Wildman–Crippen MR) is 101 cm³/mol. The first-order valence-corrected chi connectivity index (χ1v) is 8.98. The molecule has 0 fully saturated rings. The molecule has 1 atom stereocenters. The van der Waals surface area contributed by atoms with Gasteiger partial charge in [0.2, 0.25) is 0 Å². The van der Waals surface area contributed by atoms with E-state index >= 15 is 0 Å². The van der Waals surface area contributed by atoms with Crippen molar-refractivity contribution >= 4 is 57.5 Å². The number of alkyl halides is 3. The summed E-state index contributed by atoms with van der Waals surface area (Å²) < 4.78 is 39.3. The van der Waals surface area contributed by atoms with Crippen LogP contribution in [0.3, 0.4) is 0 Å². The van der Waals surface area contributed by atoms with Gasteiger partial charge in [0.15, 0.2) is 5.78 Å². The number of carbonyl (C=O) groups excluding carboxylic acids is 1. The molecule has 0 aromatic heterocycles. The minimum Gasteiger partial charge on any atom is -0.294 e. The molecule has 0 aliphatic carbocycles. The normalized spacial score (nSPS) is 14.2. The Morgan fingerprint density at radius 3 is 2.16 bits per heavy atom. The second kappa shape index (κ2) is 7.51. The van der Waals surface area contributed by atoms with E-state index in [9.17, 15) is 18.0 Å². The fraction of sp³-hybridized carbons (Fsp3) is 0.235. The Hall–Kier alpha value is -0.690. The van der Waals surface area contributed by atoms with Crippen molar-refractivity contribution in [3.63, 3.8) is 0 Å². The molecule has 0 radical (unpaired) electrons. The largest absolute Gasteiger partial charge is 0.407 e. The average Bonchev–Trinajstić information content (AvgIpc) is 2.47. The van der Waals surface area contributed by atoms with Crippen LogP contribution in [-0.2, 0) is 4.75 Å². The highest BCUT2D eigenvalue weighted by atomic mass is 79.9. The van der Waals surface area contributed by atoms with E-state index in [0.717, 1.165) is 22.2 Å². The van der Waals surface area contributed by atoms with Gasteiger partial charge >= 0.3 is 6.18 Å². The Bertz CT molecular complexity index is 806. The summed E-state index contributed by atoms with van der Waals surface area (Å²) in [5.74, 6) is -0.681. The summed E-state index contributed by atoms with van der Waals surface area (Å²) in [5.41, 5.74) is 0.646. The molecule has 0 aliphatic rings. The van der Waals surface area contributed by atoms with Crippen LogP contribution in [0.15, 0.2) is 40.9 Å². The van der Waals surface area contributed by atoms with E-state index in [0.29, 0.717) is 0 Å². The van der Waals surface area contributed by atoms with Crippen LogP contribution < -0.4 is 0 Å². The zero-order valence-electron chi connectivity index (χ0n) is 12.8. The summed E-state index contributed by atoms with van der Waals surface area (Å²) in [6.45, 7) is 1.75. The second-order valence-corrected chi connectivity index (χ2v) is 8.07. The van der Waals surface area contributed by atoms with E-state index in [-0.39, 0.29) is 21.2 Å². The maximum absolute atomic E-state index is 13.8. The van der Waals surface area contributed by atoms with E-state index < -0.39 is 23.1 Å². The van der Waals surface area contributed by atoms with Gasteiger partial charge in [0.1, 0.15) is 4.75 Å². The van der Waals surface area contributed by atoms with Crippen LogP contribution in [0.4, 0.5) is 13.2 Å². The van der Waals surface area contributed by atoms with E-state index in [4.69, 9.17) is 23.2 Å². The summed E-state index contributed by atoms with van der Waals surface area (Å²) in [4.78, 5) is 12.5. The third kappa shape index (κ3) is 4.54. The highest BCUT2D eigenvalue weighted by Crippen LogP contribution is 2.48. The van der Waals surface area contributed by atoms with Gasteiger partial charge in [-0.1, -0.05) is 45.2 Å². The molecule has 134 valence electrons. The number of hydrogen-bond acceptors (Lipinski definition) is 2. The molecule has 2 aromatic rings. The lowest BCUT2D eigenvalue weighted by Gasteiger charge is -2.31. The van der Waals surface area contributed by atoms with E-state index in [1.54, 1.807) is 13.0 Å². The van der Waals surface area contributed by atoms with Crippen molar-refractivity contribution in [1.29, 1.82) is 0 Å². The van der Waals surface area contributed by atoms with Crippen molar-refractivity contribution < 1.29 is 18.0 Å². The van der Waals surface area contributed by atoms with Crippen LogP contribution in [0.1, 0.15) is 27.9 Å². The van der Waals surface area contributed by atoms with Crippen molar-refractivity contribution in [2.24, 2.45) is 0 Å². The highest BCUT2D eigenvalue weighted by Gasteiger charge is 2.54. The number of Topliss-reactive ketones (excluding diaryl/α,β-unsaturated/α-hetero) is 1. The van der Waals surface area contributed by atoms with Gasteiger partial charge in [-0.25, -0.2) is 0 Å². The predicted octanol–water partition coefficient (Wildman–Crippen LogP) is 7.02. The Morgan fingerprint density at radius 2 is 1.68 bits per heavy atom. The molecule has 2 rings (SSSR count). The molecule has 0 bridgehead atoms. The molecule has 25 heavy (non-hydrogen) atoms. The van der Waals surface area contributed by atoms with Crippen LogP contribution >= 0.6 is 51.8 Å². The SMILES string of the molecule is Cc1cc(C(=O)CC(S)(c2cc(Cl)cc(Cl)c2)C(F)(F)F)ccc1Br. The van der Waals surface area contributed by atoms with Crippen LogP contribution in [0, 0.1) is 6.92 Å². The van der Waals surface area contributed by atoms with Crippen LogP contribution in [-0.4, -0.2) is 12.0 Å². The minimum absolute atomic E-state index is 0.0390. The van der Waals surface area contributed by atoms with Crippen LogP contribution in [0.25, 0.3) is 0 Å². The van der Waals surface area contributed by atoms with Gasteiger partial charge in [0.25, 0.3) is 0 Å². The summed E-state index contributed by atoms with van der Waals surface area (Å²) in [7, 11) is 0. The monoisotopic (exact) mass is 470 g/mol. The number of benzene rings is 2. The standard InChI is InChI=1S/C17H12BrCl2F3OS/c1-9-4-10(2-3-14(9)18)15(24)8-16(25,17(21,22)23)11-5-12(19)7-13(20)6-11/h2-7,25H,8H2,1H3. The first-order valence-electron chi connectivity index (χ1n) is 6.99. The summed E-state index contributed by atoms with van der Waals surface area (Å²) in [6.07, 6.45) is -5.67. The smallest absolute Gasteiger partial charge is 0.294 e. The van der Waals surface area contributed by atoms with Crippen LogP contribution in [0.5, 0.6) is 0 Å². The lowest BCUT2D eigenvalue weighted by atomic mass is 9.89. The Morgan fingerprint density at radius 1 is 1.12 bits per heavy atom. The summed E-state index contributed by atoms with van der Waals surface area (Å²) in [6, 6.07) is 8.17. The number of carbonyl (C=O) groups is 1. The van der Waals surface area contributed by atoms with Gasteiger partial charge in [0.05, 0.1) is 0 Å². The second-order valence-electron chi connectivity index (χ2n) is 5.58. The third-order valence-corrected chi connectivity index (χ3v) is 5.70. The maximum atomic E-state index is 13.8. The minimum atomic E-state index is -4.79. The van der Waals surface area contributed by atoms with Crippen molar-refractivity contribution in [3.05, 3.63) is 67.6 Å². The molecule has 8 heteroatoms. The Balaban J connectivity index is 2.47. The number of thiol groups is 1. The van der Waals surface area contributed by atoms with E-state index in [1.165, 1.54) is 18.2 Å². The van der Waals surface area contributed by atoms with Crippen molar-refractivity contribution in [1.82, 2.24) is 0 Å². The lowest BCUT2D eigenvalue weighted by Crippen LogP contribution is -2.39. The van der Waals surface area contributed by atoms with Crippen LogP contribution in [0.2, 0.25) is 10.0 Å². The summed E-state index contributed by atoms with van der Waals surface area (Å²) in [5, 5.41) is 0.0780. The molecule has 0 aliphatic heterocycles. The molecule has 1 unspecified atom stereocenters. The molecule has 0 spiro atoms. The molecule has 0 amide bonds. The Labute approximate surface area is 167 Å². The molecule has 0 saturated heterocycles. The number of hydrogen-bond donors (Lipinski definition) is 1. The van der Waals surface area contributed by atoms with Crippen molar-refractivity contribution in [2.75, 3.05) is 0 Å². The molecule has 2 aromatic carbocycles. The van der Waals surface area contributed by atoms with Gasteiger partial charge in [-0.2, -0.15) is 25.8 Å². The van der Waals surface area contributed by atoms with Crippen molar-refractivity contribution in [3.8, 4) is 0 Å². The first-order chi connectivity index (χ1) is 11.4. The molecular formula is C17H12BrCl2F3OS. The maximum Gasteiger partial charge on any atom is 0.407 e. The zero-order valence-corrected chi connectivity index (χ0v) is 16.8. The van der Waals surface area contributed by atoms with Gasteiger partial charge in [0, 0.05) is 26.5 Å². The number of rotatable bonds is 4. The van der Waals surface area contributed by atoms with Gasteiger partial charge < -0.3 is 0 Å². The van der Waals surface area contributed by atoms with E-state index in [1.807, 2.05) is 0 Å². The molecule has 0 saturated carbocycles.